The van der Waals surface area contributed by atoms with Crippen LogP contribution in [-0.2, 0) is 19.4 Å². The van der Waals surface area contributed by atoms with Gasteiger partial charge in [0.15, 0.2) is 9.84 Å². The molecule has 1 aliphatic carbocycles. The number of aldehydes is 1. The van der Waals surface area contributed by atoms with Crippen molar-refractivity contribution in [2.75, 3.05) is 5.75 Å². The molecule has 1 aromatic rings. The van der Waals surface area contributed by atoms with E-state index in [1.54, 1.807) is 20.8 Å². The minimum atomic E-state index is -3.64. The number of alkyl carbamates (subject to hydrolysis) is 1. The van der Waals surface area contributed by atoms with Crippen LogP contribution in [-0.4, -0.2) is 42.9 Å². The van der Waals surface area contributed by atoms with Crippen LogP contribution in [0.2, 0.25) is 0 Å². The lowest BCUT2D eigenvalue weighted by Crippen LogP contribution is -2.45. The zero-order valence-corrected chi connectivity index (χ0v) is 15.4. The molecule has 1 fully saturated rings. The first-order chi connectivity index (χ1) is 11.5. The summed E-state index contributed by atoms with van der Waals surface area (Å²) in [4.78, 5) is 23.9. The third-order valence-electron chi connectivity index (χ3n) is 4.11. The third kappa shape index (κ3) is 3.84. The second kappa shape index (κ2) is 6.40. The van der Waals surface area contributed by atoms with Crippen LogP contribution < -0.4 is 5.32 Å². The Morgan fingerprint density at radius 2 is 1.88 bits per heavy atom. The van der Waals surface area contributed by atoms with E-state index in [0.717, 1.165) is 0 Å². The van der Waals surface area contributed by atoms with Gasteiger partial charge < -0.3 is 14.8 Å². The van der Waals surface area contributed by atoms with Gasteiger partial charge in [0.05, 0.1) is 0 Å². The van der Waals surface area contributed by atoms with Crippen molar-refractivity contribution >= 4 is 22.2 Å². The molecule has 1 aliphatic rings. The van der Waals surface area contributed by atoms with Gasteiger partial charge >= 0.3 is 6.09 Å². The first kappa shape index (κ1) is 19.4. The highest BCUT2D eigenvalue weighted by Crippen LogP contribution is 2.55. The summed E-state index contributed by atoms with van der Waals surface area (Å²) >= 11 is 0. The quantitative estimate of drug-likeness (QED) is 0.802. The van der Waals surface area contributed by atoms with Crippen LogP contribution >= 0.6 is 0 Å². The SMILES string of the molecule is CCS(=O)(=O)[C@@H]1[C@H](c2ccc(F)cc2)[C@@]1(C=O)NC(=O)OC(C)(C)C. The number of sulfone groups is 1. The van der Waals surface area contributed by atoms with Crippen molar-refractivity contribution in [3.05, 3.63) is 35.6 Å². The summed E-state index contributed by atoms with van der Waals surface area (Å²) in [5.74, 6) is -1.44. The van der Waals surface area contributed by atoms with Crippen LogP contribution in [0.5, 0.6) is 0 Å². The van der Waals surface area contributed by atoms with Crippen LogP contribution in [0.15, 0.2) is 24.3 Å². The number of nitrogens with one attached hydrogen (secondary N) is 1. The van der Waals surface area contributed by atoms with E-state index in [2.05, 4.69) is 5.32 Å². The minimum Gasteiger partial charge on any atom is -0.444 e. The van der Waals surface area contributed by atoms with Gasteiger partial charge in [-0.25, -0.2) is 17.6 Å². The third-order valence-corrected chi connectivity index (χ3v) is 6.35. The molecule has 1 N–H and O–H groups in total. The molecule has 8 heteroatoms. The monoisotopic (exact) mass is 371 g/mol. The number of halogens is 1. The molecule has 2 rings (SSSR count). The second-order valence-corrected chi connectivity index (χ2v) is 9.49. The Balaban J connectivity index is 2.40. The van der Waals surface area contributed by atoms with Gasteiger partial charge in [0, 0.05) is 11.7 Å². The van der Waals surface area contributed by atoms with E-state index in [0.29, 0.717) is 11.8 Å². The molecular formula is C17H22FNO5S. The molecule has 0 spiro atoms. The molecule has 0 aliphatic heterocycles. The van der Waals surface area contributed by atoms with E-state index in [-0.39, 0.29) is 5.75 Å². The number of benzene rings is 1. The Bertz CT molecular complexity index is 769. The van der Waals surface area contributed by atoms with Crippen molar-refractivity contribution in [3.63, 3.8) is 0 Å². The molecule has 25 heavy (non-hydrogen) atoms. The number of carbonyl (C=O) groups excluding carboxylic acids is 2. The van der Waals surface area contributed by atoms with Crippen LogP contribution in [0.25, 0.3) is 0 Å². The lowest BCUT2D eigenvalue weighted by Gasteiger charge is -2.22. The van der Waals surface area contributed by atoms with Crippen LogP contribution in [0, 0.1) is 5.82 Å². The summed E-state index contributed by atoms with van der Waals surface area (Å²) in [5, 5.41) is 1.31. The highest BCUT2D eigenvalue weighted by molar-refractivity contribution is 7.92. The average Bonchev–Trinajstić information content (AvgIpc) is 3.15. The highest BCUT2D eigenvalue weighted by Gasteiger charge is 2.72. The molecule has 1 saturated carbocycles. The van der Waals surface area contributed by atoms with Crippen molar-refractivity contribution in [1.82, 2.24) is 5.32 Å². The predicted octanol–water partition coefficient (Wildman–Crippen LogP) is 2.19. The molecule has 1 amide bonds. The Morgan fingerprint density at radius 3 is 2.32 bits per heavy atom. The molecule has 0 bridgehead atoms. The van der Waals surface area contributed by atoms with Gasteiger partial charge in [-0.3, -0.25) is 0 Å². The Hall–Kier alpha value is -1.96. The number of carbonyl (C=O) groups is 2. The molecule has 0 heterocycles. The van der Waals surface area contributed by atoms with Crippen molar-refractivity contribution in [3.8, 4) is 0 Å². The Labute approximate surface area is 146 Å². The molecular weight excluding hydrogens is 349 g/mol. The summed E-state index contributed by atoms with van der Waals surface area (Å²) in [6.45, 7) is 6.44. The fourth-order valence-electron chi connectivity index (χ4n) is 2.98. The normalized spacial score (nSPS) is 26.0. The molecule has 138 valence electrons. The molecule has 6 nitrogen and oxygen atoms in total. The fourth-order valence-corrected chi connectivity index (χ4v) is 4.91. The standard InChI is InChI=1S/C17H22FNO5S/c1-5-25(22,23)14-13(11-6-8-12(18)9-7-11)17(14,10-20)19-15(21)24-16(2,3)4/h6-10,13-14H,5H2,1-4H3,(H,19,21)/t13-,14+,17+/m0/s1. The molecule has 0 radical (unpaired) electrons. The van der Waals surface area contributed by atoms with E-state index in [9.17, 15) is 22.4 Å². The molecule has 0 aromatic heterocycles. The second-order valence-electron chi connectivity index (χ2n) is 7.08. The van der Waals surface area contributed by atoms with E-state index in [1.165, 1.54) is 31.2 Å². The summed E-state index contributed by atoms with van der Waals surface area (Å²) in [6.07, 6.45) is -0.441. The smallest absolute Gasteiger partial charge is 0.408 e. The van der Waals surface area contributed by atoms with Crippen molar-refractivity contribution in [2.24, 2.45) is 0 Å². The zero-order valence-electron chi connectivity index (χ0n) is 14.6. The van der Waals surface area contributed by atoms with Gasteiger partial charge in [-0.05, 0) is 38.5 Å². The maximum atomic E-state index is 13.2. The van der Waals surface area contributed by atoms with Gasteiger partial charge in [-0.2, -0.15) is 0 Å². The first-order valence-electron chi connectivity index (χ1n) is 7.91. The van der Waals surface area contributed by atoms with Gasteiger partial charge in [0.2, 0.25) is 0 Å². The molecule has 1 aromatic carbocycles. The summed E-state index contributed by atoms with van der Waals surface area (Å²) < 4.78 is 43.2. The van der Waals surface area contributed by atoms with Crippen LogP contribution in [0.4, 0.5) is 9.18 Å². The van der Waals surface area contributed by atoms with Crippen molar-refractivity contribution < 1.29 is 27.1 Å². The van der Waals surface area contributed by atoms with Gasteiger partial charge in [0.25, 0.3) is 0 Å². The fraction of sp³-hybridized carbons (Fsp3) is 0.529. The summed E-state index contributed by atoms with van der Waals surface area (Å²) in [5.41, 5.74) is -1.95. The number of rotatable bonds is 5. The van der Waals surface area contributed by atoms with E-state index in [1.807, 2.05) is 0 Å². The van der Waals surface area contributed by atoms with Crippen LogP contribution in [0.1, 0.15) is 39.2 Å². The maximum absolute atomic E-state index is 13.2. The number of hydrogen-bond acceptors (Lipinski definition) is 5. The van der Waals surface area contributed by atoms with Crippen LogP contribution in [0.3, 0.4) is 0 Å². The lowest BCUT2D eigenvalue weighted by molar-refractivity contribution is -0.110. The maximum Gasteiger partial charge on any atom is 0.408 e. The summed E-state index contributed by atoms with van der Waals surface area (Å²) in [7, 11) is -3.64. The minimum absolute atomic E-state index is 0.180. The number of ether oxygens (including phenoxy) is 1. The Kier molecular flexibility index (Phi) is 4.96. The van der Waals surface area contributed by atoms with E-state index < -0.39 is 44.1 Å². The lowest BCUT2D eigenvalue weighted by atomic mass is 10.1. The van der Waals surface area contributed by atoms with Gasteiger partial charge in [0.1, 0.15) is 28.5 Å². The molecule has 3 atom stereocenters. The topological polar surface area (TPSA) is 89.5 Å². The van der Waals surface area contributed by atoms with E-state index >= 15 is 0 Å². The van der Waals surface area contributed by atoms with Crippen molar-refractivity contribution in [1.29, 1.82) is 0 Å². The number of amides is 1. The van der Waals surface area contributed by atoms with E-state index in [4.69, 9.17) is 4.74 Å². The summed E-state index contributed by atoms with van der Waals surface area (Å²) in [6, 6.07) is 5.21. The van der Waals surface area contributed by atoms with Gasteiger partial charge in [-0.15, -0.1) is 0 Å². The predicted molar refractivity (Wildman–Crippen MR) is 90.6 cm³/mol. The highest BCUT2D eigenvalue weighted by atomic mass is 32.2. The van der Waals surface area contributed by atoms with Crippen molar-refractivity contribution in [2.45, 2.75) is 50.0 Å². The largest absolute Gasteiger partial charge is 0.444 e. The number of hydrogen-bond donors (Lipinski definition) is 1. The zero-order chi connectivity index (χ0) is 19.0. The molecule has 0 unspecified atom stereocenters. The molecule has 0 saturated heterocycles. The Morgan fingerprint density at radius 1 is 1.32 bits per heavy atom. The average molecular weight is 371 g/mol. The van der Waals surface area contributed by atoms with Gasteiger partial charge in [-0.1, -0.05) is 19.1 Å². The first-order valence-corrected chi connectivity index (χ1v) is 9.63.